The molecule has 1 amide bonds. The molecule has 8 rings (SSSR count). The Labute approximate surface area is 320 Å². The Morgan fingerprint density at radius 1 is 1.06 bits per heavy atom. The topological polar surface area (TPSA) is 101 Å². The van der Waals surface area contributed by atoms with Crippen LogP contribution in [0.15, 0.2) is 48.6 Å². The van der Waals surface area contributed by atoms with Crippen molar-refractivity contribution in [1.82, 2.24) is 14.5 Å². The van der Waals surface area contributed by atoms with Gasteiger partial charge in [0, 0.05) is 75.0 Å². The Morgan fingerprint density at radius 2 is 1.87 bits per heavy atom. The maximum Gasteiger partial charge on any atom is 0.264 e. The Bertz CT molecular complexity index is 1830. The summed E-state index contributed by atoms with van der Waals surface area (Å²) in [5.41, 5.74) is 2.91. The van der Waals surface area contributed by atoms with Crippen LogP contribution in [-0.2, 0) is 31.3 Å². The van der Waals surface area contributed by atoms with E-state index in [1.807, 2.05) is 32.2 Å². The SMILES string of the molecule is CO[C@]1(CN2CC(N3CCOCC3)C2)/C=C/C[C@H](C)[C@@H](C)S(=O)(=O)NC(=O)c2ccc3c(c2)N(C[C@@H]2CC[C@H]21)C[C@@]1(CCCc2cc(Cl)ccc21)CO3. The quantitative estimate of drug-likeness (QED) is 0.417. The molecule has 2 saturated heterocycles. The molecule has 2 aliphatic carbocycles. The van der Waals surface area contributed by atoms with E-state index < -0.39 is 26.8 Å². The van der Waals surface area contributed by atoms with Gasteiger partial charge in [0.25, 0.3) is 5.91 Å². The van der Waals surface area contributed by atoms with Crippen molar-refractivity contribution in [3.8, 4) is 5.75 Å². The van der Waals surface area contributed by atoms with Crippen molar-refractivity contribution in [2.75, 3.05) is 77.6 Å². The number of rotatable bonds is 4. The number of nitrogens with one attached hydrogen (secondary N) is 1. The maximum atomic E-state index is 13.6. The largest absolute Gasteiger partial charge is 0.490 e. The van der Waals surface area contributed by atoms with E-state index >= 15 is 0 Å². The maximum absolute atomic E-state index is 13.6. The Kier molecular flexibility index (Phi) is 10.4. The van der Waals surface area contributed by atoms with Gasteiger partial charge in [-0.2, -0.15) is 0 Å². The highest BCUT2D eigenvalue weighted by molar-refractivity contribution is 7.90. The van der Waals surface area contributed by atoms with E-state index in [2.05, 4.69) is 43.7 Å². The molecule has 0 radical (unpaired) electrons. The van der Waals surface area contributed by atoms with Crippen molar-refractivity contribution in [2.24, 2.45) is 17.8 Å². The van der Waals surface area contributed by atoms with Gasteiger partial charge in [0.05, 0.1) is 30.8 Å². The van der Waals surface area contributed by atoms with E-state index in [0.717, 1.165) is 102 Å². The van der Waals surface area contributed by atoms with Gasteiger partial charge in [-0.25, -0.2) is 13.1 Å². The molecular formula is C41H55ClN4O6S. The van der Waals surface area contributed by atoms with E-state index in [1.54, 1.807) is 13.0 Å². The van der Waals surface area contributed by atoms with E-state index in [-0.39, 0.29) is 17.3 Å². The summed E-state index contributed by atoms with van der Waals surface area (Å²) in [6.07, 6.45) is 10.1. The number of hydrogen-bond acceptors (Lipinski definition) is 9. The van der Waals surface area contributed by atoms with Crippen LogP contribution in [0.1, 0.15) is 67.4 Å². The average molecular weight is 767 g/mol. The van der Waals surface area contributed by atoms with Crippen molar-refractivity contribution in [2.45, 2.75) is 74.7 Å². The summed E-state index contributed by atoms with van der Waals surface area (Å²) >= 11 is 6.50. The van der Waals surface area contributed by atoms with Crippen LogP contribution >= 0.6 is 11.6 Å². The van der Waals surface area contributed by atoms with Gasteiger partial charge in [0.15, 0.2) is 0 Å². The van der Waals surface area contributed by atoms with Crippen molar-refractivity contribution >= 4 is 33.2 Å². The van der Waals surface area contributed by atoms with Crippen molar-refractivity contribution in [3.63, 3.8) is 0 Å². The summed E-state index contributed by atoms with van der Waals surface area (Å²) < 4.78 is 48.6. The number of likely N-dealkylation sites (tertiary alicyclic amines) is 1. The van der Waals surface area contributed by atoms with Crippen LogP contribution < -0.4 is 14.4 Å². The van der Waals surface area contributed by atoms with Gasteiger partial charge in [-0.05, 0) is 105 Å². The second-order valence-electron chi connectivity index (χ2n) is 16.7. The minimum Gasteiger partial charge on any atom is -0.490 e. The molecule has 4 aliphatic heterocycles. The summed E-state index contributed by atoms with van der Waals surface area (Å²) in [6, 6.07) is 12.2. The normalized spacial score (nSPS) is 34.4. The first-order chi connectivity index (χ1) is 25.5. The molecule has 6 atom stereocenters. The van der Waals surface area contributed by atoms with Crippen LogP contribution in [0.2, 0.25) is 5.02 Å². The molecule has 4 heterocycles. The number of amides is 1. The molecule has 2 aromatic carbocycles. The first-order valence-corrected chi connectivity index (χ1v) is 21.6. The molecule has 2 bridgehead atoms. The number of fused-ring (bicyclic) bond motifs is 4. The minimum absolute atomic E-state index is 0.216. The molecule has 6 aliphatic rings. The molecule has 1 saturated carbocycles. The lowest BCUT2D eigenvalue weighted by molar-refractivity contribution is -0.113. The van der Waals surface area contributed by atoms with Crippen LogP contribution in [0.3, 0.4) is 0 Å². The standard InChI is InChI=1S/C41H55ClN4O6S/c1-28-6-4-15-41(50-3,26-44-23-34(24-44)45-16-18-51-19-17-45)36-11-8-32(36)22-46-25-40(14-5-7-30-20-33(42)10-12-35(30)40)27-52-38-13-9-31(21-37(38)46)39(47)43-53(48,49)29(28)2/h4,9-10,12-13,15,20-21,28-29,32,34,36H,5-8,11,14,16-19,22-27H2,1-3H3,(H,43,47)/b15-4+/t28-,29+,32-,36+,40-,41-/m0/s1. The van der Waals surface area contributed by atoms with Crippen LogP contribution in [0, 0.1) is 17.8 Å². The van der Waals surface area contributed by atoms with Crippen molar-refractivity contribution < 1.29 is 27.4 Å². The Hall–Kier alpha value is -2.67. The first kappa shape index (κ1) is 37.3. The number of methoxy groups -OCH3 is 1. The zero-order valence-corrected chi connectivity index (χ0v) is 33.0. The fraction of sp³-hybridized carbons (Fsp3) is 0.634. The number of allylic oxidation sites excluding steroid dienone is 1. The monoisotopic (exact) mass is 766 g/mol. The third-order valence-corrected chi connectivity index (χ3v) is 15.7. The smallest absolute Gasteiger partial charge is 0.264 e. The molecule has 10 nitrogen and oxygen atoms in total. The third-order valence-electron chi connectivity index (χ3n) is 13.6. The predicted octanol–water partition coefficient (Wildman–Crippen LogP) is 5.29. The molecule has 288 valence electrons. The van der Waals surface area contributed by atoms with Gasteiger partial charge in [-0.1, -0.05) is 36.7 Å². The van der Waals surface area contributed by atoms with E-state index in [4.69, 9.17) is 25.8 Å². The summed E-state index contributed by atoms with van der Waals surface area (Å²) in [5, 5.41) is -0.0276. The van der Waals surface area contributed by atoms with Gasteiger partial charge in [-0.15, -0.1) is 0 Å². The fourth-order valence-electron chi connectivity index (χ4n) is 10.0. The van der Waals surface area contributed by atoms with Crippen LogP contribution in [0.25, 0.3) is 0 Å². The summed E-state index contributed by atoms with van der Waals surface area (Å²) in [5.74, 6) is 0.494. The van der Waals surface area contributed by atoms with Crippen molar-refractivity contribution in [3.05, 3.63) is 70.3 Å². The third kappa shape index (κ3) is 7.15. The number of halogens is 1. The molecular weight excluding hydrogens is 712 g/mol. The zero-order chi connectivity index (χ0) is 37.0. The Morgan fingerprint density at radius 3 is 2.62 bits per heavy atom. The van der Waals surface area contributed by atoms with Gasteiger partial charge in [-0.3, -0.25) is 14.6 Å². The van der Waals surface area contributed by atoms with Crippen molar-refractivity contribution in [1.29, 1.82) is 0 Å². The molecule has 0 aromatic heterocycles. The number of sulfonamides is 1. The highest BCUT2D eigenvalue weighted by Gasteiger charge is 2.51. The highest BCUT2D eigenvalue weighted by atomic mass is 35.5. The lowest BCUT2D eigenvalue weighted by Gasteiger charge is -2.54. The number of ether oxygens (including phenoxy) is 3. The first-order valence-electron chi connectivity index (χ1n) is 19.6. The van der Waals surface area contributed by atoms with Gasteiger partial charge in [0.1, 0.15) is 11.4 Å². The lowest BCUT2D eigenvalue weighted by atomic mass is 9.63. The van der Waals surface area contributed by atoms with Gasteiger partial charge >= 0.3 is 0 Å². The molecule has 1 N–H and O–H groups in total. The number of hydrogen-bond donors (Lipinski definition) is 1. The number of carbonyl (C=O) groups excluding carboxylic acids is 1. The number of carbonyl (C=O) groups is 1. The summed E-state index contributed by atoms with van der Waals surface area (Å²) in [4.78, 5) is 21.2. The predicted molar refractivity (Wildman–Crippen MR) is 208 cm³/mol. The fourth-order valence-corrected chi connectivity index (χ4v) is 11.5. The van der Waals surface area contributed by atoms with E-state index in [1.165, 1.54) is 11.1 Å². The summed E-state index contributed by atoms with van der Waals surface area (Å²) in [7, 11) is -2.10. The zero-order valence-electron chi connectivity index (χ0n) is 31.4. The second-order valence-corrected chi connectivity index (χ2v) is 19.2. The number of aryl methyl sites for hydroxylation is 1. The molecule has 12 heteroatoms. The van der Waals surface area contributed by atoms with E-state index in [0.29, 0.717) is 36.3 Å². The van der Waals surface area contributed by atoms with Crippen LogP contribution in [0.4, 0.5) is 5.69 Å². The molecule has 3 fully saturated rings. The van der Waals surface area contributed by atoms with Crippen LogP contribution in [-0.4, -0.2) is 114 Å². The molecule has 0 unspecified atom stereocenters. The van der Waals surface area contributed by atoms with E-state index in [9.17, 15) is 13.2 Å². The molecule has 1 spiro atoms. The van der Waals surface area contributed by atoms with Gasteiger partial charge in [0.2, 0.25) is 10.0 Å². The highest BCUT2D eigenvalue weighted by Crippen LogP contribution is 2.49. The lowest BCUT2D eigenvalue weighted by Crippen LogP contribution is -2.66. The van der Waals surface area contributed by atoms with Gasteiger partial charge < -0.3 is 19.1 Å². The molecule has 2 aromatic rings. The number of benzene rings is 2. The molecule has 53 heavy (non-hydrogen) atoms. The number of morpholine rings is 1. The summed E-state index contributed by atoms with van der Waals surface area (Å²) in [6.45, 7) is 12.0. The Balaban J connectivity index is 1.16. The van der Waals surface area contributed by atoms with Crippen LogP contribution in [0.5, 0.6) is 5.75 Å². The minimum atomic E-state index is -3.95. The second kappa shape index (κ2) is 14.8. The number of nitrogens with zero attached hydrogens (tertiary/aromatic N) is 3. The average Bonchev–Trinajstić information content (AvgIpc) is 3.27. The number of anilines is 1.